The van der Waals surface area contributed by atoms with E-state index in [0.717, 1.165) is 33.6 Å². The van der Waals surface area contributed by atoms with Crippen molar-refractivity contribution in [3.05, 3.63) is 204 Å². The molecule has 2 N–H and O–H groups in total. The van der Waals surface area contributed by atoms with Gasteiger partial charge in [-0.3, -0.25) is 9.97 Å². The maximum absolute atomic E-state index is 13.4. The van der Waals surface area contributed by atoms with Crippen LogP contribution in [-0.2, 0) is 10.8 Å². The number of nitrogens with zero attached hydrogens (tertiary/aromatic N) is 2. The Labute approximate surface area is 271 Å². The second-order valence-corrected chi connectivity index (χ2v) is 11.4. The molecule has 0 saturated carbocycles. The van der Waals surface area contributed by atoms with E-state index in [4.69, 9.17) is 9.97 Å². The van der Waals surface area contributed by atoms with Crippen LogP contribution in [0.1, 0.15) is 46.5 Å². The molecular formula is C41H38N4O. The number of nitrogens with one attached hydrogen (secondary N) is 2. The van der Waals surface area contributed by atoms with Crippen molar-refractivity contribution in [2.75, 3.05) is 13.1 Å². The third-order valence-electron chi connectivity index (χ3n) is 8.84. The number of urea groups is 1. The molecule has 0 spiro atoms. The van der Waals surface area contributed by atoms with Crippen LogP contribution in [0.25, 0.3) is 0 Å². The van der Waals surface area contributed by atoms with Gasteiger partial charge < -0.3 is 10.6 Å². The van der Waals surface area contributed by atoms with Crippen LogP contribution in [0.15, 0.2) is 170 Å². The first-order valence-corrected chi connectivity index (χ1v) is 15.8. The van der Waals surface area contributed by atoms with Crippen molar-refractivity contribution in [2.45, 2.75) is 23.7 Å². The molecule has 0 saturated heterocycles. The summed E-state index contributed by atoms with van der Waals surface area (Å²) in [6, 6.07) is 53.6. The Kier molecular flexibility index (Phi) is 9.60. The summed E-state index contributed by atoms with van der Waals surface area (Å²) < 4.78 is 0. The maximum atomic E-state index is 13.4. The number of hydrogen-bond donors (Lipinski definition) is 2. The Morgan fingerprint density at radius 2 is 0.739 bits per heavy atom. The molecule has 0 unspecified atom stereocenters. The second-order valence-electron chi connectivity index (χ2n) is 11.4. The van der Waals surface area contributed by atoms with Gasteiger partial charge in [0, 0.05) is 25.5 Å². The molecule has 6 rings (SSSR count). The van der Waals surface area contributed by atoms with Gasteiger partial charge in [0.1, 0.15) is 0 Å². The largest absolute Gasteiger partial charge is 0.338 e. The summed E-state index contributed by atoms with van der Waals surface area (Å²) >= 11 is 0. The van der Waals surface area contributed by atoms with Crippen LogP contribution in [0, 0.1) is 0 Å². The first-order valence-electron chi connectivity index (χ1n) is 15.8. The Morgan fingerprint density at radius 1 is 0.435 bits per heavy atom. The fourth-order valence-corrected chi connectivity index (χ4v) is 6.67. The van der Waals surface area contributed by atoms with Crippen molar-refractivity contribution in [2.24, 2.45) is 0 Å². The molecule has 2 heterocycles. The van der Waals surface area contributed by atoms with E-state index >= 15 is 0 Å². The molecule has 4 aromatic carbocycles. The van der Waals surface area contributed by atoms with Gasteiger partial charge in [0.15, 0.2) is 0 Å². The number of aromatic nitrogens is 2. The van der Waals surface area contributed by atoms with Gasteiger partial charge in [-0.25, -0.2) is 4.79 Å². The topological polar surface area (TPSA) is 66.9 Å². The van der Waals surface area contributed by atoms with Gasteiger partial charge in [0.05, 0.1) is 22.2 Å². The van der Waals surface area contributed by atoms with Crippen LogP contribution in [0.3, 0.4) is 0 Å². The lowest BCUT2D eigenvalue weighted by Gasteiger charge is -2.35. The average Bonchev–Trinajstić information content (AvgIpc) is 3.14. The van der Waals surface area contributed by atoms with Crippen molar-refractivity contribution in [3.8, 4) is 0 Å². The van der Waals surface area contributed by atoms with Gasteiger partial charge in [0.25, 0.3) is 0 Å². The zero-order valence-corrected chi connectivity index (χ0v) is 25.8. The number of carbonyl (C=O) groups is 1. The fourth-order valence-electron chi connectivity index (χ4n) is 6.67. The minimum atomic E-state index is -0.536. The second kappa shape index (κ2) is 14.5. The van der Waals surface area contributed by atoms with E-state index in [1.54, 1.807) is 0 Å². The first-order chi connectivity index (χ1) is 22.7. The number of benzene rings is 4. The van der Waals surface area contributed by atoms with Crippen molar-refractivity contribution in [1.29, 1.82) is 0 Å². The molecule has 0 aliphatic carbocycles. The van der Waals surface area contributed by atoms with Crippen molar-refractivity contribution in [3.63, 3.8) is 0 Å². The molecule has 46 heavy (non-hydrogen) atoms. The van der Waals surface area contributed by atoms with Crippen LogP contribution in [0.2, 0.25) is 0 Å². The first kappa shape index (κ1) is 30.5. The lowest BCUT2D eigenvalue weighted by molar-refractivity contribution is 0.239. The van der Waals surface area contributed by atoms with Crippen molar-refractivity contribution >= 4 is 6.03 Å². The number of carbonyl (C=O) groups excluding carboxylic acids is 1. The van der Waals surface area contributed by atoms with E-state index in [2.05, 4.69) is 120 Å². The van der Waals surface area contributed by atoms with Crippen LogP contribution in [0.4, 0.5) is 4.79 Å². The maximum Gasteiger partial charge on any atom is 0.314 e. The number of amides is 2. The number of pyridine rings is 2. The minimum Gasteiger partial charge on any atom is -0.338 e. The zero-order valence-electron chi connectivity index (χ0n) is 25.8. The Balaban J connectivity index is 1.23. The summed E-state index contributed by atoms with van der Waals surface area (Å²) in [5, 5.41) is 6.32. The normalized spacial score (nSPS) is 11.5. The van der Waals surface area contributed by atoms with Crippen molar-refractivity contribution in [1.82, 2.24) is 20.6 Å². The SMILES string of the molecule is O=C(NCCC(c1ccccc1)(c1ccccc1)c1ccccn1)NCCC(c1ccccc1)(c1ccccc1)c1ccccn1. The molecule has 0 fully saturated rings. The molecule has 0 atom stereocenters. The van der Waals surface area contributed by atoms with Gasteiger partial charge in [-0.1, -0.05) is 133 Å². The van der Waals surface area contributed by atoms with E-state index in [1.165, 1.54) is 0 Å². The number of rotatable bonds is 12. The van der Waals surface area contributed by atoms with Crippen molar-refractivity contribution < 1.29 is 4.79 Å². The van der Waals surface area contributed by atoms with Crippen LogP contribution >= 0.6 is 0 Å². The monoisotopic (exact) mass is 602 g/mol. The Hall–Kier alpha value is -5.55. The highest BCUT2D eigenvalue weighted by Gasteiger charge is 2.38. The highest BCUT2D eigenvalue weighted by molar-refractivity contribution is 5.73. The number of hydrogen-bond acceptors (Lipinski definition) is 3. The summed E-state index contributed by atoms with van der Waals surface area (Å²) in [7, 11) is 0. The standard InChI is InChI=1S/C41H38N4O/c46-39(44-31-27-40(33-17-5-1-6-18-33,34-19-7-2-8-20-34)37-25-13-15-29-42-37)45-32-28-41(35-21-9-3-10-22-35,36-23-11-4-12-24-36)38-26-14-16-30-43-38/h1-26,29-30H,27-28,31-32H2,(H2,44,45,46). The van der Waals surface area contributed by atoms with E-state index in [0.29, 0.717) is 25.9 Å². The van der Waals surface area contributed by atoms with Gasteiger partial charge in [-0.2, -0.15) is 0 Å². The summed E-state index contributed by atoms with van der Waals surface area (Å²) in [5.74, 6) is 0. The van der Waals surface area contributed by atoms with Gasteiger partial charge in [0.2, 0.25) is 0 Å². The summed E-state index contributed by atoms with van der Waals surface area (Å²) in [4.78, 5) is 23.0. The van der Waals surface area contributed by atoms with E-state index in [1.807, 2.05) is 60.9 Å². The van der Waals surface area contributed by atoms with Gasteiger partial charge >= 0.3 is 6.03 Å². The van der Waals surface area contributed by atoms with Crippen LogP contribution < -0.4 is 10.6 Å². The molecule has 5 nitrogen and oxygen atoms in total. The minimum absolute atomic E-state index is 0.202. The van der Waals surface area contributed by atoms with E-state index in [9.17, 15) is 4.79 Å². The molecule has 2 amide bonds. The quantitative estimate of drug-likeness (QED) is 0.150. The fraction of sp³-hybridized carbons (Fsp3) is 0.146. The molecule has 6 aromatic rings. The summed E-state index contributed by atoms with van der Waals surface area (Å²) in [6.07, 6.45) is 4.95. The highest BCUT2D eigenvalue weighted by atomic mass is 16.2. The smallest absolute Gasteiger partial charge is 0.314 e. The van der Waals surface area contributed by atoms with E-state index in [-0.39, 0.29) is 6.03 Å². The summed E-state index contributed by atoms with van der Waals surface area (Å²) in [6.45, 7) is 0.907. The Morgan fingerprint density at radius 3 is 1.02 bits per heavy atom. The lowest BCUT2D eigenvalue weighted by atomic mass is 9.69. The molecule has 0 aliphatic rings. The predicted molar refractivity (Wildman–Crippen MR) is 185 cm³/mol. The van der Waals surface area contributed by atoms with Crippen LogP contribution in [-0.4, -0.2) is 29.1 Å². The van der Waals surface area contributed by atoms with Gasteiger partial charge in [-0.05, 0) is 59.4 Å². The van der Waals surface area contributed by atoms with Gasteiger partial charge in [-0.15, -0.1) is 0 Å². The molecule has 5 heteroatoms. The molecule has 0 aliphatic heterocycles. The molecule has 0 radical (unpaired) electrons. The third kappa shape index (κ3) is 6.31. The third-order valence-corrected chi connectivity index (χ3v) is 8.84. The van der Waals surface area contributed by atoms with Crippen LogP contribution in [0.5, 0.6) is 0 Å². The molecule has 228 valence electrons. The molecule has 2 aromatic heterocycles. The zero-order chi connectivity index (χ0) is 31.5. The Bertz CT molecular complexity index is 1460. The average molecular weight is 603 g/mol. The molecular weight excluding hydrogens is 564 g/mol. The molecule has 0 bridgehead atoms. The summed E-state index contributed by atoms with van der Waals surface area (Å²) in [5.41, 5.74) is 5.35. The predicted octanol–water partition coefficient (Wildman–Crippen LogP) is 7.93. The highest BCUT2D eigenvalue weighted by Crippen LogP contribution is 2.42. The lowest BCUT2D eigenvalue weighted by Crippen LogP contribution is -2.42. The van der Waals surface area contributed by atoms with E-state index < -0.39 is 10.8 Å².